The number of benzene rings is 1. The molecule has 0 radical (unpaired) electrons. The van der Waals surface area contributed by atoms with Gasteiger partial charge < -0.3 is 25.2 Å². The number of hydrogen-bond donors (Lipinski definition) is 4. The summed E-state index contributed by atoms with van der Waals surface area (Å²) < 4.78 is 7.19. The normalized spacial score (nSPS) is 35.2. The lowest BCUT2D eigenvalue weighted by Gasteiger charge is -2.40. The molecule has 0 aliphatic carbocycles. The van der Waals surface area contributed by atoms with E-state index in [1.54, 1.807) is 23.0 Å². The van der Waals surface area contributed by atoms with Gasteiger partial charge in [-0.3, -0.25) is 0 Å². The maximum atomic E-state index is 10.1. The van der Waals surface area contributed by atoms with Crippen LogP contribution in [0.15, 0.2) is 41.8 Å². The number of ether oxygens (including phenoxy) is 1. The smallest absolute Gasteiger partial charge is 0.238 e. The van der Waals surface area contributed by atoms with Gasteiger partial charge in [-0.1, -0.05) is 4.70 Å². The van der Waals surface area contributed by atoms with Crippen molar-refractivity contribution in [3.63, 3.8) is 0 Å². The van der Waals surface area contributed by atoms with Gasteiger partial charge in [-0.05, 0) is 17.7 Å². The average Bonchev–Trinajstić information content (AvgIpc) is 2.45. The first kappa shape index (κ1) is 14.3. The highest BCUT2D eigenvalue weighted by Gasteiger charge is 2.43. The molecule has 7 heteroatoms. The molecule has 1 saturated heterocycles. The highest BCUT2D eigenvalue weighted by atomic mass is 16.5. The minimum absolute atomic E-state index is 0.434. The molecule has 0 aromatic heterocycles. The van der Waals surface area contributed by atoms with Crippen molar-refractivity contribution in [1.82, 2.24) is 0 Å². The second-order valence-electron chi connectivity index (χ2n) is 5.10. The standard InChI is InChI=1S/C14H17N2O5/c17-7-10-11(18)12(19)13(20)14(21-10)8-1-3-9(4-2-8)16-6-5-15-16/h1-6,10-14,17-20H,7H2/q+1. The number of hydrogen-bond acceptors (Lipinski definition) is 6. The van der Waals surface area contributed by atoms with Crippen LogP contribution in [0.3, 0.4) is 0 Å². The Labute approximate surface area is 121 Å². The van der Waals surface area contributed by atoms with E-state index in [2.05, 4.69) is 5.11 Å². The molecule has 0 bridgehead atoms. The van der Waals surface area contributed by atoms with Gasteiger partial charge in [0.25, 0.3) is 0 Å². The maximum Gasteiger partial charge on any atom is 0.238 e. The molecule has 5 atom stereocenters. The fourth-order valence-corrected chi connectivity index (χ4v) is 2.48. The van der Waals surface area contributed by atoms with Crippen LogP contribution < -0.4 is 0 Å². The van der Waals surface area contributed by atoms with Gasteiger partial charge in [0.15, 0.2) is 6.20 Å². The Balaban J connectivity index is 1.81. The lowest BCUT2D eigenvalue weighted by atomic mass is 9.91. The molecule has 7 nitrogen and oxygen atoms in total. The topological polar surface area (TPSA) is 106 Å². The average molecular weight is 293 g/mol. The Morgan fingerprint density at radius 1 is 1.05 bits per heavy atom. The quantitative estimate of drug-likeness (QED) is 0.577. The zero-order chi connectivity index (χ0) is 15.0. The first-order valence-corrected chi connectivity index (χ1v) is 6.69. The van der Waals surface area contributed by atoms with Crippen molar-refractivity contribution in [2.75, 3.05) is 6.61 Å². The minimum Gasteiger partial charge on any atom is -0.394 e. The van der Waals surface area contributed by atoms with Gasteiger partial charge in [0, 0.05) is 17.2 Å². The lowest BCUT2D eigenvalue weighted by molar-refractivity contribution is -0.456. The van der Waals surface area contributed by atoms with Crippen LogP contribution in [0, 0.1) is 0 Å². The van der Waals surface area contributed by atoms with Crippen LogP contribution in [0.4, 0.5) is 5.69 Å². The van der Waals surface area contributed by atoms with E-state index in [1.165, 1.54) is 0 Å². The second kappa shape index (κ2) is 5.63. The molecule has 0 saturated carbocycles. The van der Waals surface area contributed by atoms with Crippen LogP contribution in [0.2, 0.25) is 0 Å². The van der Waals surface area contributed by atoms with Crippen LogP contribution in [0.25, 0.3) is 0 Å². The summed E-state index contributed by atoms with van der Waals surface area (Å²) in [5.41, 5.74) is 1.52. The third kappa shape index (κ3) is 2.50. The molecule has 0 spiro atoms. The van der Waals surface area contributed by atoms with E-state index in [0.29, 0.717) is 5.56 Å². The number of azo groups is 2. The Morgan fingerprint density at radius 2 is 1.71 bits per heavy atom. The van der Waals surface area contributed by atoms with Gasteiger partial charge in [0.2, 0.25) is 11.9 Å². The van der Waals surface area contributed by atoms with Crippen LogP contribution in [-0.2, 0) is 4.74 Å². The Kier molecular flexibility index (Phi) is 3.83. The Hall–Kier alpha value is -1.64. The van der Waals surface area contributed by atoms with E-state index < -0.39 is 37.1 Å². The van der Waals surface area contributed by atoms with Crippen LogP contribution in [0.1, 0.15) is 11.7 Å². The molecular weight excluding hydrogens is 276 g/mol. The number of rotatable bonds is 3. The highest BCUT2D eigenvalue weighted by Crippen LogP contribution is 2.33. The summed E-state index contributed by atoms with van der Waals surface area (Å²) in [6.07, 6.45) is -2.20. The number of nitrogens with zero attached hydrogens (tertiary/aromatic N) is 2. The molecule has 2 aliphatic rings. The molecular formula is C14H17N2O5+. The van der Waals surface area contributed by atoms with Gasteiger partial charge >= 0.3 is 0 Å². The first-order valence-electron chi connectivity index (χ1n) is 6.69. The van der Waals surface area contributed by atoms with Gasteiger partial charge in [-0.25, -0.2) is 0 Å². The van der Waals surface area contributed by atoms with Crippen LogP contribution in [-0.4, -0.2) is 56.1 Å². The van der Waals surface area contributed by atoms with E-state index in [4.69, 9.17) is 4.74 Å². The predicted molar refractivity (Wildman–Crippen MR) is 70.7 cm³/mol. The molecule has 1 aromatic rings. The zero-order valence-corrected chi connectivity index (χ0v) is 11.1. The number of aliphatic hydroxyl groups is 4. The third-order valence-electron chi connectivity index (χ3n) is 3.78. The van der Waals surface area contributed by atoms with E-state index in [9.17, 15) is 20.4 Å². The minimum atomic E-state index is -1.37. The molecule has 1 aromatic carbocycles. The summed E-state index contributed by atoms with van der Waals surface area (Å²) >= 11 is 0. The molecule has 2 heterocycles. The fourth-order valence-electron chi connectivity index (χ4n) is 2.48. The maximum absolute atomic E-state index is 10.1. The summed E-state index contributed by atoms with van der Waals surface area (Å²) in [5, 5.41) is 42.8. The third-order valence-corrected chi connectivity index (χ3v) is 3.78. The molecule has 21 heavy (non-hydrogen) atoms. The first-order chi connectivity index (χ1) is 10.1. The highest BCUT2D eigenvalue weighted by molar-refractivity contribution is 5.35. The van der Waals surface area contributed by atoms with Gasteiger partial charge in [-0.15, -0.1) is 0 Å². The van der Waals surface area contributed by atoms with Crippen molar-refractivity contribution in [3.05, 3.63) is 42.2 Å². The summed E-state index contributed by atoms with van der Waals surface area (Å²) in [6, 6.07) is 7.13. The van der Waals surface area contributed by atoms with E-state index in [1.807, 2.05) is 18.3 Å². The van der Waals surface area contributed by atoms with Gasteiger partial charge in [-0.2, -0.15) is 0 Å². The van der Waals surface area contributed by atoms with Gasteiger partial charge in [0.05, 0.1) is 6.61 Å². The molecule has 2 aliphatic heterocycles. The van der Waals surface area contributed by atoms with Crippen molar-refractivity contribution in [1.29, 1.82) is 0 Å². The molecule has 3 rings (SSSR count). The SMILES string of the molecule is OCC1OC(c2ccc([N+]3=NC=C3)cc2)C(O)C(O)C1O. The molecule has 112 valence electrons. The van der Waals surface area contributed by atoms with E-state index in [0.717, 1.165) is 5.69 Å². The van der Waals surface area contributed by atoms with Crippen LogP contribution >= 0.6 is 0 Å². The number of aliphatic hydroxyl groups excluding tert-OH is 4. The van der Waals surface area contributed by atoms with Crippen molar-refractivity contribution < 1.29 is 29.9 Å². The Bertz CT molecular complexity index is 569. The Morgan fingerprint density at radius 3 is 2.24 bits per heavy atom. The van der Waals surface area contributed by atoms with Crippen molar-refractivity contribution in [2.24, 2.45) is 5.11 Å². The van der Waals surface area contributed by atoms with Crippen LogP contribution in [0.5, 0.6) is 0 Å². The predicted octanol–water partition coefficient (Wildman–Crippen LogP) is -0.218. The zero-order valence-electron chi connectivity index (χ0n) is 11.1. The largest absolute Gasteiger partial charge is 0.394 e. The summed E-state index contributed by atoms with van der Waals surface area (Å²) in [6.45, 7) is -0.434. The van der Waals surface area contributed by atoms with E-state index >= 15 is 0 Å². The fraction of sp³-hybridized carbons (Fsp3) is 0.429. The molecule has 4 N–H and O–H groups in total. The molecule has 1 fully saturated rings. The summed E-state index contributed by atoms with van der Waals surface area (Å²) in [4.78, 5) is 0. The van der Waals surface area contributed by atoms with Crippen molar-refractivity contribution in [3.8, 4) is 0 Å². The van der Waals surface area contributed by atoms with Crippen molar-refractivity contribution in [2.45, 2.75) is 30.5 Å². The van der Waals surface area contributed by atoms with Crippen molar-refractivity contribution >= 4 is 5.69 Å². The summed E-state index contributed by atoms with van der Waals surface area (Å²) in [5.74, 6) is 0. The lowest BCUT2D eigenvalue weighted by Crippen LogP contribution is -2.55. The molecule has 0 amide bonds. The monoisotopic (exact) mass is 293 g/mol. The van der Waals surface area contributed by atoms with Gasteiger partial charge in [0.1, 0.15) is 30.5 Å². The summed E-state index contributed by atoms with van der Waals surface area (Å²) in [7, 11) is 0. The second-order valence-corrected chi connectivity index (χ2v) is 5.10. The van der Waals surface area contributed by atoms with E-state index in [-0.39, 0.29) is 0 Å². The molecule has 5 unspecified atom stereocenters.